The predicted molar refractivity (Wildman–Crippen MR) is 141 cm³/mol. The summed E-state index contributed by atoms with van der Waals surface area (Å²) in [5.41, 5.74) is 3.19. The highest BCUT2D eigenvalue weighted by atomic mass is 32.1. The summed E-state index contributed by atoms with van der Waals surface area (Å²) in [4.78, 5) is 34.1. The minimum Gasteiger partial charge on any atom is -0.496 e. The molecule has 0 saturated heterocycles. The molecule has 7 heteroatoms. The molecular formula is C28H31N3O3S. The first-order chi connectivity index (χ1) is 17.1. The van der Waals surface area contributed by atoms with Gasteiger partial charge in [-0.1, -0.05) is 49.4 Å². The molecule has 2 amide bonds. The number of fused-ring (bicyclic) bond motifs is 1. The molecule has 35 heavy (non-hydrogen) atoms. The van der Waals surface area contributed by atoms with Crippen molar-refractivity contribution in [3.63, 3.8) is 0 Å². The van der Waals surface area contributed by atoms with E-state index in [4.69, 9.17) is 4.74 Å². The van der Waals surface area contributed by atoms with Crippen LogP contribution in [0, 0.1) is 0 Å². The molecule has 1 N–H and O–H groups in total. The molecule has 0 radical (unpaired) electrons. The van der Waals surface area contributed by atoms with Gasteiger partial charge in [-0.25, -0.2) is 0 Å². The number of aromatic amines is 1. The van der Waals surface area contributed by atoms with Gasteiger partial charge < -0.3 is 19.5 Å². The third-order valence-electron chi connectivity index (χ3n) is 6.07. The molecule has 182 valence electrons. The summed E-state index contributed by atoms with van der Waals surface area (Å²) in [6.07, 6.45) is 3.50. The highest BCUT2D eigenvalue weighted by Gasteiger charge is 2.23. The van der Waals surface area contributed by atoms with Crippen molar-refractivity contribution in [3.8, 4) is 5.75 Å². The zero-order chi connectivity index (χ0) is 24.6. The Kier molecular flexibility index (Phi) is 8.21. The van der Waals surface area contributed by atoms with Crippen LogP contribution >= 0.6 is 11.3 Å². The molecule has 2 aromatic carbocycles. The molecular weight excluding hydrogens is 458 g/mol. The van der Waals surface area contributed by atoms with E-state index in [2.05, 4.69) is 17.1 Å². The van der Waals surface area contributed by atoms with Crippen LogP contribution in [-0.2, 0) is 17.8 Å². The van der Waals surface area contributed by atoms with Crippen LogP contribution in [-0.4, -0.2) is 53.3 Å². The lowest BCUT2D eigenvalue weighted by Crippen LogP contribution is -2.43. The number of hydrogen-bond acceptors (Lipinski definition) is 4. The topological polar surface area (TPSA) is 65.6 Å². The van der Waals surface area contributed by atoms with Crippen LogP contribution in [0.2, 0.25) is 0 Å². The van der Waals surface area contributed by atoms with Crippen molar-refractivity contribution in [1.82, 2.24) is 14.8 Å². The molecule has 0 atom stereocenters. The highest BCUT2D eigenvalue weighted by Crippen LogP contribution is 2.22. The summed E-state index contributed by atoms with van der Waals surface area (Å²) in [7, 11) is 1.64. The SMILES string of the molecule is CCCN(CC(=O)N(CCc1c[nH]c2ccccc12)Cc1ccccc1OC)C(=O)c1cccs1. The number of para-hydroxylation sites is 2. The molecule has 0 unspecified atom stereocenters. The van der Waals surface area contributed by atoms with Gasteiger partial charge in [0.1, 0.15) is 12.3 Å². The lowest BCUT2D eigenvalue weighted by atomic mass is 10.1. The monoisotopic (exact) mass is 489 g/mol. The number of carbonyl (C=O) groups is 2. The first-order valence-corrected chi connectivity index (χ1v) is 12.8. The van der Waals surface area contributed by atoms with Crippen molar-refractivity contribution >= 4 is 34.1 Å². The van der Waals surface area contributed by atoms with Crippen molar-refractivity contribution in [2.45, 2.75) is 26.3 Å². The van der Waals surface area contributed by atoms with Crippen molar-refractivity contribution in [3.05, 3.63) is 88.2 Å². The number of nitrogens with zero attached hydrogens (tertiary/aromatic N) is 2. The molecule has 0 bridgehead atoms. The number of thiophene rings is 1. The Morgan fingerprint density at radius 3 is 2.51 bits per heavy atom. The second-order valence-electron chi connectivity index (χ2n) is 8.44. The van der Waals surface area contributed by atoms with Crippen LogP contribution in [0.25, 0.3) is 10.9 Å². The van der Waals surface area contributed by atoms with E-state index in [-0.39, 0.29) is 18.4 Å². The predicted octanol–water partition coefficient (Wildman–Crippen LogP) is 5.36. The van der Waals surface area contributed by atoms with E-state index in [1.807, 2.05) is 71.9 Å². The van der Waals surface area contributed by atoms with Crippen LogP contribution in [0.3, 0.4) is 0 Å². The fourth-order valence-corrected chi connectivity index (χ4v) is 4.96. The zero-order valence-corrected chi connectivity index (χ0v) is 21.0. The van der Waals surface area contributed by atoms with E-state index in [0.29, 0.717) is 30.9 Å². The number of aromatic nitrogens is 1. The summed E-state index contributed by atoms with van der Waals surface area (Å²) in [6, 6.07) is 19.6. The molecule has 4 aromatic rings. The maximum atomic E-state index is 13.6. The fraction of sp³-hybridized carbons (Fsp3) is 0.286. The standard InChI is InChI=1S/C28H31N3O3S/c1-3-15-31(28(33)26-13-8-17-35-26)20-27(32)30(19-22-9-4-7-12-25(22)34-2)16-14-21-18-29-24-11-6-5-10-23(21)24/h4-13,17-18,29H,3,14-16,19-20H2,1-2H3. The normalized spacial score (nSPS) is 10.9. The van der Waals surface area contributed by atoms with Crippen molar-refractivity contribution < 1.29 is 14.3 Å². The van der Waals surface area contributed by atoms with E-state index in [9.17, 15) is 9.59 Å². The van der Waals surface area contributed by atoms with Gasteiger partial charge in [0.15, 0.2) is 0 Å². The Morgan fingerprint density at radius 1 is 0.943 bits per heavy atom. The summed E-state index contributed by atoms with van der Waals surface area (Å²) in [6.45, 7) is 3.55. The van der Waals surface area contributed by atoms with E-state index >= 15 is 0 Å². The van der Waals surface area contributed by atoms with Gasteiger partial charge in [0, 0.05) is 42.3 Å². The summed E-state index contributed by atoms with van der Waals surface area (Å²) >= 11 is 1.40. The minimum absolute atomic E-state index is 0.0492. The fourth-order valence-electron chi connectivity index (χ4n) is 4.27. The Balaban J connectivity index is 1.55. The number of benzene rings is 2. The lowest BCUT2D eigenvalue weighted by Gasteiger charge is -2.28. The number of ether oxygens (including phenoxy) is 1. The van der Waals surface area contributed by atoms with Gasteiger partial charge in [-0.3, -0.25) is 9.59 Å². The van der Waals surface area contributed by atoms with Crippen molar-refractivity contribution in [2.75, 3.05) is 26.7 Å². The first-order valence-electron chi connectivity index (χ1n) is 11.9. The third kappa shape index (κ3) is 5.92. The Hall–Kier alpha value is -3.58. The van der Waals surface area contributed by atoms with Crippen molar-refractivity contribution in [1.29, 1.82) is 0 Å². The second kappa shape index (κ2) is 11.7. The van der Waals surface area contributed by atoms with Gasteiger partial charge in [-0.05, 0) is 42.0 Å². The van der Waals surface area contributed by atoms with Crippen LogP contribution < -0.4 is 4.74 Å². The van der Waals surface area contributed by atoms with Crippen molar-refractivity contribution in [2.24, 2.45) is 0 Å². The van der Waals surface area contributed by atoms with Gasteiger partial charge in [0.2, 0.25) is 5.91 Å². The quantitative estimate of drug-likeness (QED) is 0.308. The molecule has 2 heterocycles. The molecule has 0 aliphatic carbocycles. The van der Waals surface area contributed by atoms with E-state index in [0.717, 1.165) is 28.6 Å². The molecule has 4 rings (SSSR count). The number of hydrogen-bond donors (Lipinski definition) is 1. The first kappa shape index (κ1) is 24.5. The Bertz CT molecular complexity index is 1270. The number of H-pyrrole nitrogens is 1. The summed E-state index contributed by atoms with van der Waals surface area (Å²) in [5, 5.41) is 3.05. The van der Waals surface area contributed by atoms with E-state index < -0.39 is 0 Å². The molecule has 0 spiro atoms. The summed E-state index contributed by atoms with van der Waals surface area (Å²) in [5.74, 6) is 0.579. The Morgan fingerprint density at radius 2 is 1.74 bits per heavy atom. The molecule has 6 nitrogen and oxygen atoms in total. The molecule has 0 saturated carbocycles. The number of carbonyl (C=O) groups excluding carboxylic acids is 2. The minimum atomic E-state index is -0.0935. The number of amides is 2. The zero-order valence-electron chi connectivity index (χ0n) is 20.2. The summed E-state index contributed by atoms with van der Waals surface area (Å²) < 4.78 is 5.53. The number of methoxy groups -OCH3 is 1. The van der Waals surface area contributed by atoms with Gasteiger partial charge in [-0.2, -0.15) is 0 Å². The van der Waals surface area contributed by atoms with Crippen LogP contribution in [0.1, 0.15) is 34.1 Å². The molecule has 2 aromatic heterocycles. The van der Waals surface area contributed by atoms with E-state index in [1.54, 1.807) is 12.0 Å². The van der Waals surface area contributed by atoms with Gasteiger partial charge >= 0.3 is 0 Å². The second-order valence-corrected chi connectivity index (χ2v) is 9.39. The number of nitrogens with one attached hydrogen (secondary N) is 1. The maximum absolute atomic E-state index is 13.6. The average Bonchev–Trinajstić information content (AvgIpc) is 3.56. The lowest BCUT2D eigenvalue weighted by molar-refractivity contribution is -0.132. The average molecular weight is 490 g/mol. The van der Waals surface area contributed by atoms with E-state index in [1.165, 1.54) is 16.9 Å². The largest absolute Gasteiger partial charge is 0.496 e. The van der Waals surface area contributed by atoms with Crippen LogP contribution in [0.4, 0.5) is 0 Å². The molecule has 0 aliphatic rings. The smallest absolute Gasteiger partial charge is 0.264 e. The maximum Gasteiger partial charge on any atom is 0.264 e. The molecule has 0 aliphatic heterocycles. The highest BCUT2D eigenvalue weighted by molar-refractivity contribution is 7.12. The van der Waals surface area contributed by atoms with Gasteiger partial charge in [0.25, 0.3) is 5.91 Å². The van der Waals surface area contributed by atoms with Gasteiger partial charge in [-0.15, -0.1) is 11.3 Å². The Labute approximate surface area is 210 Å². The van der Waals surface area contributed by atoms with Gasteiger partial charge in [0.05, 0.1) is 12.0 Å². The van der Waals surface area contributed by atoms with Crippen LogP contribution in [0.15, 0.2) is 72.2 Å². The van der Waals surface area contributed by atoms with Crippen LogP contribution in [0.5, 0.6) is 5.75 Å². The number of rotatable bonds is 11. The molecule has 0 fully saturated rings. The third-order valence-corrected chi connectivity index (χ3v) is 6.93.